The predicted molar refractivity (Wildman–Crippen MR) is 144 cm³/mol. The van der Waals surface area contributed by atoms with Crippen molar-refractivity contribution in [1.29, 1.82) is 0 Å². The highest BCUT2D eigenvalue weighted by atomic mass is 32.2. The molecule has 37 heavy (non-hydrogen) atoms. The molecule has 0 unspecified atom stereocenters. The van der Waals surface area contributed by atoms with Crippen LogP contribution in [0, 0.1) is 5.82 Å². The Balaban J connectivity index is 1.61. The zero-order valence-corrected chi connectivity index (χ0v) is 22.2. The molecular formula is C28H29FN2O4S2. The second kappa shape index (κ2) is 12.4. The molecule has 0 spiro atoms. The van der Waals surface area contributed by atoms with Crippen LogP contribution in [0.1, 0.15) is 16.9 Å². The third-order valence-corrected chi connectivity index (χ3v) is 8.69. The van der Waals surface area contributed by atoms with Gasteiger partial charge < -0.3 is 9.64 Å². The van der Waals surface area contributed by atoms with Gasteiger partial charge in [0.15, 0.2) is 0 Å². The van der Waals surface area contributed by atoms with E-state index in [0.717, 1.165) is 21.2 Å². The minimum absolute atomic E-state index is 0.137. The van der Waals surface area contributed by atoms with Crippen LogP contribution < -0.4 is 0 Å². The Morgan fingerprint density at radius 3 is 2.41 bits per heavy atom. The maximum absolute atomic E-state index is 13.7. The first-order valence-corrected chi connectivity index (χ1v) is 14.2. The summed E-state index contributed by atoms with van der Waals surface area (Å²) in [6.45, 7) is 0.755. The molecule has 3 aromatic carbocycles. The number of thiophene rings is 1. The van der Waals surface area contributed by atoms with Crippen molar-refractivity contribution in [1.82, 2.24) is 9.21 Å². The minimum Gasteiger partial charge on any atom is -0.385 e. The summed E-state index contributed by atoms with van der Waals surface area (Å²) in [4.78, 5) is 16.3. The first-order chi connectivity index (χ1) is 17.9. The molecule has 0 fully saturated rings. The van der Waals surface area contributed by atoms with Crippen LogP contribution in [-0.4, -0.2) is 50.3 Å². The Kier molecular flexibility index (Phi) is 9.04. The molecule has 0 saturated heterocycles. The fourth-order valence-corrected chi connectivity index (χ4v) is 6.21. The first-order valence-electron chi connectivity index (χ1n) is 11.9. The van der Waals surface area contributed by atoms with Crippen molar-refractivity contribution < 1.29 is 22.3 Å². The van der Waals surface area contributed by atoms with E-state index in [-0.39, 0.29) is 36.3 Å². The molecule has 194 valence electrons. The van der Waals surface area contributed by atoms with Gasteiger partial charge in [-0.05, 0) is 58.5 Å². The van der Waals surface area contributed by atoms with Gasteiger partial charge in [0.05, 0.1) is 18.0 Å². The summed E-state index contributed by atoms with van der Waals surface area (Å²) in [6, 6.07) is 22.3. The summed E-state index contributed by atoms with van der Waals surface area (Å²) in [7, 11) is -2.40. The van der Waals surface area contributed by atoms with E-state index in [1.165, 1.54) is 27.8 Å². The van der Waals surface area contributed by atoms with Crippen molar-refractivity contribution in [3.05, 3.63) is 101 Å². The number of hydrogen-bond donors (Lipinski definition) is 0. The van der Waals surface area contributed by atoms with Crippen molar-refractivity contribution >= 4 is 38.0 Å². The van der Waals surface area contributed by atoms with Gasteiger partial charge in [-0.1, -0.05) is 48.5 Å². The number of carbonyl (C=O) groups excluding carboxylic acids is 1. The third-order valence-electron chi connectivity index (χ3n) is 5.99. The maximum Gasteiger partial charge on any atom is 0.243 e. The van der Waals surface area contributed by atoms with Gasteiger partial charge in [0, 0.05) is 31.7 Å². The summed E-state index contributed by atoms with van der Waals surface area (Å²) in [5, 5.41) is 3.67. The lowest BCUT2D eigenvalue weighted by Gasteiger charge is -2.27. The average molecular weight is 541 g/mol. The molecule has 0 saturated carbocycles. The second-order valence-corrected chi connectivity index (χ2v) is 11.6. The van der Waals surface area contributed by atoms with E-state index >= 15 is 0 Å². The molecule has 1 amide bonds. The lowest BCUT2D eigenvalue weighted by atomic mass is 10.1. The summed E-state index contributed by atoms with van der Waals surface area (Å²) >= 11 is 1.52. The molecule has 0 N–H and O–H groups in total. The van der Waals surface area contributed by atoms with Crippen molar-refractivity contribution in [3.63, 3.8) is 0 Å². The molecule has 0 aliphatic carbocycles. The van der Waals surface area contributed by atoms with Crippen LogP contribution in [0.15, 0.2) is 89.1 Å². The summed E-state index contributed by atoms with van der Waals surface area (Å²) in [6.07, 6.45) is 0.444. The minimum atomic E-state index is -3.96. The van der Waals surface area contributed by atoms with Gasteiger partial charge in [-0.15, -0.1) is 11.3 Å². The molecule has 9 heteroatoms. The van der Waals surface area contributed by atoms with Crippen molar-refractivity contribution in [2.45, 2.75) is 24.4 Å². The topological polar surface area (TPSA) is 66.9 Å². The largest absolute Gasteiger partial charge is 0.385 e. The highest BCUT2D eigenvalue weighted by Crippen LogP contribution is 2.23. The van der Waals surface area contributed by atoms with Crippen LogP contribution in [0.4, 0.5) is 4.39 Å². The van der Waals surface area contributed by atoms with Crippen molar-refractivity contribution in [2.24, 2.45) is 0 Å². The molecule has 0 aliphatic heterocycles. The van der Waals surface area contributed by atoms with Crippen LogP contribution in [-0.2, 0) is 32.6 Å². The molecule has 4 rings (SSSR count). The second-order valence-electron chi connectivity index (χ2n) is 8.65. The van der Waals surface area contributed by atoms with E-state index in [9.17, 15) is 17.6 Å². The highest BCUT2D eigenvalue weighted by Gasteiger charge is 2.29. The van der Waals surface area contributed by atoms with E-state index < -0.39 is 10.0 Å². The number of halogens is 1. The maximum atomic E-state index is 13.7. The molecule has 0 radical (unpaired) electrons. The van der Waals surface area contributed by atoms with Gasteiger partial charge in [0.2, 0.25) is 15.9 Å². The molecule has 6 nitrogen and oxygen atoms in total. The van der Waals surface area contributed by atoms with Gasteiger partial charge in [0.25, 0.3) is 0 Å². The number of fused-ring (bicyclic) bond motifs is 1. The van der Waals surface area contributed by atoms with Crippen LogP contribution in [0.3, 0.4) is 0 Å². The number of hydrogen-bond acceptors (Lipinski definition) is 5. The Hall–Kier alpha value is -3.11. The Labute approximate surface area is 221 Å². The SMILES string of the molecule is COCCCN(CC(=O)N(Cc1ccc(F)cc1)Cc1cccs1)S(=O)(=O)c1ccc2ccccc2c1. The third kappa shape index (κ3) is 7.01. The van der Waals surface area contributed by atoms with Crippen LogP contribution in [0.2, 0.25) is 0 Å². The monoisotopic (exact) mass is 540 g/mol. The van der Waals surface area contributed by atoms with Gasteiger partial charge in [0.1, 0.15) is 5.82 Å². The number of ether oxygens (including phenoxy) is 1. The number of carbonyl (C=O) groups is 1. The van der Waals surface area contributed by atoms with E-state index in [4.69, 9.17) is 4.74 Å². The van der Waals surface area contributed by atoms with Gasteiger partial charge in [-0.3, -0.25) is 4.79 Å². The quantitative estimate of drug-likeness (QED) is 0.229. The lowest BCUT2D eigenvalue weighted by Crippen LogP contribution is -2.43. The molecule has 0 bridgehead atoms. The van der Waals surface area contributed by atoms with Crippen LogP contribution in [0.25, 0.3) is 10.8 Å². The van der Waals surface area contributed by atoms with Gasteiger partial charge >= 0.3 is 0 Å². The van der Waals surface area contributed by atoms with Crippen LogP contribution >= 0.6 is 11.3 Å². The Morgan fingerprint density at radius 2 is 1.70 bits per heavy atom. The Morgan fingerprint density at radius 1 is 0.946 bits per heavy atom. The summed E-state index contributed by atoms with van der Waals surface area (Å²) < 4.78 is 47.2. The number of nitrogens with zero attached hydrogens (tertiary/aromatic N) is 2. The van der Waals surface area contributed by atoms with Gasteiger partial charge in [-0.2, -0.15) is 4.31 Å². The van der Waals surface area contributed by atoms with Crippen molar-refractivity contribution in [2.75, 3.05) is 26.8 Å². The first kappa shape index (κ1) is 26.9. The number of rotatable bonds is 12. The average Bonchev–Trinajstić information content (AvgIpc) is 3.42. The fraction of sp³-hybridized carbons (Fsp3) is 0.250. The molecule has 1 heterocycles. The molecule has 0 atom stereocenters. The van der Waals surface area contributed by atoms with E-state index in [1.54, 1.807) is 42.3 Å². The molecule has 0 aliphatic rings. The van der Waals surface area contributed by atoms with Crippen molar-refractivity contribution in [3.8, 4) is 0 Å². The van der Waals surface area contributed by atoms with Gasteiger partial charge in [-0.25, -0.2) is 12.8 Å². The van der Waals surface area contributed by atoms with E-state index in [2.05, 4.69) is 0 Å². The molecule has 4 aromatic rings. The van der Waals surface area contributed by atoms with E-state index in [1.807, 2.05) is 41.8 Å². The number of sulfonamides is 1. The predicted octanol–water partition coefficient (Wildman–Crippen LogP) is 5.30. The lowest BCUT2D eigenvalue weighted by molar-refractivity contribution is -0.132. The number of methoxy groups -OCH3 is 1. The zero-order valence-electron chi connectivity index (χ0n) is 20.5. The normalized spacial score (nSPS) is 11.8. The summed E-state index contributed by atoms with van der Waals surface area (Å²) in [5.41, 5.74) is 0.759. The smallest absolute Gasteiger partial charge is 0.243 e. The summed E-state index contributed by atoms with van der Waals surface area (Å²) in [5.74, 6) is -0.690. The fourth-order valence-electron chi connectivity index (χ4n) is 4.03. The number of benzene rings is 3. The number of amides is 1. The highest BCUT2D eigenvalue weighted by molar-refractivity contribution is 7.89. The zero-order chi connectivity index (χ0) is 26.3. The Bertz CT molecular complexity index is 1420. The molecular weight excluding hydrogens is 511 g/mol. The van der Waals surface area contributed by atoms with E-state index in [0.29, 0.717) is 19.6 Å². The standard InChI is InChI=1S/C28H29FN2O4S2/c1-35-16-5-15-31(37(33,34)27-14-11-23-6-2-3-7-24(23)18-27)21-28(32)30(20-26-8-4-17-36-26)19-22-9-12-25(29)13-10-22/h2-4,6-14,17-18H,5,15-16,19-21H2,1H3. The molecule has 1 aromatic heterocycles. The van der Waals surface area contributed by atoms with Crippen LogP contribution in [0.5, 0.6) is 0 Å².